The molecule has 1 aromatic carbocycles. The van der Waals surface area contributed by atoms with E-state index in [1.807, 2.05) is 32.0 Å². The van der Waals surface area contributed by atoms with Crippen molar-refractivity contribution < 1.29 is 14.6 Å². The maximum atomic E-state index is 12.0. The van der Waals surface area contributed by atoms with Gasteiger partial charge in [0.1, 0.15) is 5.75 Å². The smallest absolute Gasteiger partial charge is 0.258 e. The van der Waals surface area contributed by atoms with Gasteiger partial charge in [-0.25, -0.2) is 0 Å². The molecular weight excluding hydrogens is 254 g/mol. The first-order valence-electron chi connectivity index (χ1n) is 6.77. The maximum Gasteiger partial charge on any atom is 0.258 e. The molecule has 0 fully saturated rings. The number of carbonyl (C=O) groups excluding carboxylic acids is 1. The summed E-state index contributed by atoms with van der Waals surface area (Å²) >= 11 is 0. The van der Waals surface area contributed by atoms with Crippen molar-refractivity contribution in [2.75, 3.05) is 6.61 Å². The molecule has 0 saturated heterocycles. The van der Waals surface area contributed by atoms with Gasteiger partial charge in [0.05, 0.1) is 11.1 Å². The van der Waals surface area contributed by atoms with Gasteiger partial charge in [-0.05, 0) is 52.7 Å². The topological polar surface area (TPSA) is 58.6 Å². The number of aryl methyl sites for hydroxylation is 2. The number of benzene rings is 1. The van der Waals surface area contributed by atoms with Crippen LogP contribution in [0.3, 0.4) is 0 Å². The minimum atomic E-state index is -1.01. The number of para-hydroxylation sites is 1. The van der Waals surface area contributed by atoms with Crippen LogP contribution in [0.5, 0.6) is 5.75 Å². The van der Waals surface area contributed by atoms with Crippen LogP contribution in [-0.2, 0) is 4.79 Å². The van der Waals surface area contributed by atoms with Crippen LogP contribution in [0.2, 0.25) is 0 Å². The van der Waals surface area contributed by atoms with Gasteiger partial charge in [0.2, 0.25) is 0 Å². The van der Waals surface area contributed by atoms with Gasteiger partial charge < -0.3 is 15.2 Å². The lowest BCUT2D eigenvalue weighted by Gasteiger charge is -2.37. The summed E-state index contributed by atoms with van der Waals surface area (Å²) in [6.45, 7) is 10.7. The molecule has 4 nitrogen and oxygen atoms in total. The Hall–Kier alpha value is -1.55. The van der Waals surface area contributed by atoms with Crippen molar-refractivity contribution >= 4 is 5.91 Å². The minimum Gasteiger partial charge on any atom is -0.483 e. The quantitative estimate of drug-likeness (QED) is 0.870. The van der Waals surface area contributed by atoms with E-state index in [-0.39, 0.29) is 12.5 Å². The molecule has 1 rings (SSSR count). The molecule has 0 aliphatic heterocycles. The standard InChI is InChI=1S/C16H25NO3/c1-11-8-7-9-12(2)14(11)20-10-13(18)17-15(3,4)16(5,6)19/h7-9,19H,10H2,1-6H3,(H,17,18). The summed E-state index contributed by atoms with van der Waals surface area (Å²) in [5.74, 6) is 0.489. The van der Waals surface area contributed by atoms with E-state index in [0.717, 1.165) is 16.9 Å². The Labute approximate surface area is 121 Å². The van der Waals surface area contributed by atoms with E-state index < -0.39 is 11.1 Å². The Kier molecular flexibility index (Phi) is 4.81. The summed E-state index contributed by atoms with van der Waals surface area (Å²) in [6.07, 6.45) is 0. The molecule has 0 saturated carbocycles. The molecular formula is C16H25NO3. The van der Waals surface area contributed by atoms with E-state index in [1.165, 1.54) is 0 Å². The second-order valence-corrected chi connectivity index (χ2v) is 6.24. The summed E-state index contributed by atoms with van der Waals surface area (Å²) in [5, 5.41) is 12.8. The van der Waals surface area contributed by atoms with Crippen LogP contribution in [0.4, 0.5) is 0 Å². The molecule has 0 unspecified atom stereocenters. The van der Waals surface area contributed by atoms with E-state index >= 15 is 0 Å². The summed E-state index contributed by atoms with van der Waals surface area (Å²) in [6, 6.07) is 5.84. The molecule has 0 heterocycles. The first kappa shape index (κ1) is 16.5. The SMILES string of the molecule is Cc1cccc(C)c1OCC(=O)NC(C)(C)C(C)(C)O. The summed E-state index contributed by atoms with van der Waals surface area (Å²) < 4.78 is 5.59. The predicted octanol–water partition coefficient (Wildman–Crippen LogP) is 2.35. The highest BCUT2D eigenvalue weighted by atomic mass is 16.5. The molecule has 2 N–H and O–H groups in total. The Morgan fingerprint density at radius 1 is 1.20 bits per heavy atom. The van der Waals surface area contributed by atoms with Gasteiger partial charge in [-0.3, -0.25) is 4.79 Å². The molecule has 0 aliphatic carbocycles. The summed E-state index contributed by atoms with van der Waals surface area (Å²) in [7, 11) is 0. The van der Waals surface area contributed by atoms with Crippen molar-refractivity contribution in [3.05, 3.63) is 29.3 Å². The summed E-state index contributed by atoms with van der Waals surface area (Å²) in [4.78, 5) is 12.0. The lowest BCUT2D eigenvalue weighted by Crippen LogP contribution is -2.58. The van der Waals surface area contributed by atoms with Crippen LogP contribution in [0.25, 0.3) is 0 Å². The molecule has 112 valence electrons. The van der Waals surface area contributed by atoms with Crippen molar-refractivity contribution in [3.8, 4) is 5.75 Å². The van der Waals surface area contributed by atoms with Crippen molar-refractivity contribution in [2.24, 2.45) is 0 Å². The molecule has 0 aromatic heterocycles. The normalized spacial score (nSPS) is 12.2. The molecule has 4 heteroatoms. The highest BCUT2D eigenvalue weighted by Crippen LogP contribution is 2.23. The fourth-order valence-electron chi connectivity index (χ4n) is 1.70. The third-order valence-corrected chi connectivity index (χ3v) is 3.74. The van der Waals surface area contributed by atoms with Crippen LogP contribution in [0.15, 0.2) is 18.2 Å². The number of amides is 1. The number of hydrogen-bond donors (Lipinski definition) is 2. The zero-order valence-electron chi connectivity index (χ0n) is 13.2. The van der Waals surface area contributed by atoms with Gasteiger partial charge in [-0.2, -0.15) is 0 Å². The zero-order valence-corrected chi connectivity index (χ0v) is 13.2. The molecule has 0 atom stereocenters. The monoisotopic (exact) mass is 279 g/mol. The fraction of sp³-hybridized carbons (Fsp3) is 0.562. The Morgan fingerprint density at radius 2 is 1.70 bits per heavy atom. The second-order valence-electron chi connectivity index (χ2n) is 6.24. The lowest BCUT2D eigenvalue weighted by atomic mass is 9.86. The number of nitrogens with one attached hydrogen (secondary N) is 1. The average Bonchev–Trinajstić information content (AvgIpc) is 2.26. The Bertz CT molecular complexity index is 467. The largest absolute Gasteiger partial charge is 0.483 e. The maximum absolute atomic E-state index is 12.0. The minimum absolute atomic E-state index is 0.0643. The molecule has 1 amide bonds. The van der Waals surface area contributed by atoms with Crippen molar-refractivity contribution in [2.45, 2.75) is 52.7 Å². The van der Waals surface area contributed by atoms with Crippen molar-refractivity contribution in [1.29, 1.82) is 0 Å². The van der Waals surface area contributed by atoms with Crippen molar-refractivity contribution in [3.63, 3.8) is 0 Å². The van der Waals surface area contributed by atoms with Gasteiger partial charge in [0.15, 0.2) is 6.61 Å². The third-order valence-electron chi connectivity index (χ3n) is 3.74. The van der Waals surface area contributed by atoms with E-state index in [9.17, 15) is 9.90 Å². The Balaban J connectivity index is 2.65. The fourth-order valence-corrected chi connectivity index (χ4v) is 1.70. The van der Waals surface area contributed by atoms with E-state index in [2.05, 4.69) is 5.32 Å². The molecule has 1 aromatic rings. The van der Waals surface area contributed by atoms with Crippen molar-refractivity contribution in [1.82, 2.24) is 5.32 Å². The first-order valence-corrected chi connectivity index (χ1v) is 6.77. The zero-order chi connectivity index (χ0) is 15.6. The van der Waals surface area contributed by atoms with E-state index in [0.29, 0.717) is 0 Å². The number of rotatable bonds is 5. The highest BCUT2D eigenvalue weighted by Gasteiger charge is 2.36. The molecule has 0 aliphatic rings. The van der Waals surface area contributed by atoms with Crippen LogP contribution in [0.1, 0.15) is 38.8 Å². The Morgan fingerprint density at radius 3 is 2.15 bits per heavy atom. The number of hydrogen-bond acceptors (Lipinski definition) is 3. The van der Waals surface area contributed by atoms with Crippen LogP contribution in [-0.4, -0.2) is 28.8 Å². The van der Waals surface area contributed by atoms with Crippen LogP contribution < -0.4 is 10.1 Å². The molecule has 0 radical (unpaired) electrons. The third kappa shape index (κ3) is 3.97. The number of aliphatic hydroxyl groups is 1. The van der Waals surface area contributed by atoms with Gasteiger partial charge >= 0.3 is 0 Å². The van der Waals surface area contributed by atoms with Gasteiger partial charge in [-0.15, -0.1) is 0 Å². The van der Waals surface area contributed by atoms with Crippen LogP contribution >= 0.6 is 0 Å². The van der Waals surface area contributed by atoms with Gasteiger partial charge in [0.25, 0.3) is 5.91 Å². The second kappa shape index (κ2) is 5.83. The lowest BCUT2D eigenvalue weighted by molar-refractivity contribution is -0.128. The number of ether oxygens (including phenoxy) is 1. The van der Waals surface area contributed by atoms with Crippen LogP contribution in [0, 0.1) is 13.8 Å². The van der Waals surface area contributed by atoms with E-state index in [4.69, 9.17) is 4.74 Å². The van der Waals surface area contributed by atoms with Gasteiger partial charge in [0, 0.05) is 0 Å². The molecule has 20 heavy (non-hydrogen) atoms. The van der Waals surface area contributed by atoms with Gasteiger partial charge in [-0.1, -0.05) is 18.2 Å². The summed E-state index contributed by atoms with van der Waals surface area (Å²) in [5.41, 5.74) is 0.259. The highest BCUT2D eigenvalue weighted by molar-refractivity contribution is 5.78. The first-order chi connectivity index (χ1) is 9.04. The molecule has 0 bridgehead atoms. The van der Waals surface area contributed by atoms with E-state index in [1.54, 1.807) is 27.7 Å². The predicted molar refractivity (Wildman–Crippen MR) is 79.9 cm³/mol. The number of carbonyl (C=O) groups is 1. The molecule has 0 spiro atoms. The average molecular weight is 279 g/mol.